The lowest BCUT2D eigenvalue weighted by atomic mass is 10.1. The molecule has 0 aliphatic carbocycles. The highest BCUT2D eigenvalue weighted by Gasteiger charge is 2.34. The van der Waals surface area contributed by atoms with E-state index in [4.69, 9.17) is 0 Å². The largest absolute Gasteiger partial charge is 0.418 e. The summed E-state index contributed by atoms with van der Waals surface area (Å²) >= 11 is 0. The van der Waals surface area contributed by atoms with Crippen LogP contribution >= 0.6 is 0 Å². The third kappa shape index (κ3) is 4.72. The van der Waals surface area contributed by atoms with Crippen molar-refractivity contribution in [3.05, 3.63) is 89.6 Å². The number of halogens is 4. The molecule has 0 unspecified atom stereocenters. The van der Waals surface area contributed by atoms with Gasteiger partial charge in [-0.1, -0.05) is 6.07 Å². The van der Waals surface area contributed by atoms with Crippen LogP contribution in [0.3, 0.4) is 0 Å². The van der Waals surface area contributed by atoms with Crippen molar-refractivity contribution in [3.63, 3.8) is 0 Å². The molecule has 1 aliphatic rings. The van der Waals surface area contributed by atoms with Crippen LogP contribution in [0.5, 0.6) is 0 Å². The Morgan fingerprint density at radius 2 is 1.94 bits per heavy atom. The number of carbonyl (C=O) groups is 1. The molecular formula is C23H18F4N4O. The van der Waals surface area contributed by atoms with Crippen molar-refractivity contribution in [3.8, 4) is 0 Å². The van der Waals surface area contributed by atoms with Gasteiger partial charge in [0.25, 0.3) is 5.91 Å². The molecule has 5 nitrogen and oxygen atoms in total. The van der Waals surface area contributed by atoms with E-state index >= 15 is 0 Å². The SMILES string of the molecule is O=C1Nc2cc(F)ccc2C1=CNc1ccc(NCCc2cccnc2)c(C(F)(F)F)c1. The predicted molar refractivity (Wildman–Crippen MR) is 115 cm³/mol. The zero-order valence-electron chi connectivity index (χ0n) is 16.6. The first kappa shape index (κ1) is 21.4. The van der Waals surface area contributed by atoms with E-state index in [1.54, 1.807) is 18.5 Å². The van der Waals surface area contributed by atoms with Crippen LogP contribution in [0, 0.1) is 5.82 Å². The molecule has 3 N–H and O–H groups in total. The Balaban J connectivity index is 1.52. The summed E-state index contributed by atoms with van der Waals surface area (Å²) in [6.45, 7) is 0.305. The van der Waals surface area contributed by atoms with Crippen LogP contribution in [-0.2, 0) is 17.4 Å². The fourth-order valence-corrected chi connectivity index (χ4v) is 3.38. The van der Waals surface area contributed by atoms with Gasteiger partial charge in [0.1, 0.15) is 5.82 Å². The van der Waals surface area contributed by atoms with Gasteiger partial charge in [0.05, 0.1) is 16.8 Å². The number of hydrogen-bond donors (Lipinski definition) is 3. The normalized spacial score (nSPS) is 14.2. The van der Waals surface area contributed by atoms with Crippen LogP contribution in [0.1, 0.15) is 16.7 Å². The second-order valence-corrected chi connectivity index (χ2v) is 7.14. The van der Waals surface area contributed by atoms with E-state index in [9.17, 15) is 22.4 Å². The van der Waals surface area contributed by atoms with Gasteiger partial charge in [0, 0.05) is 42.1 Å². The summed E-state index contributed by atoms with van der Waals surface area (Å²) in [5.74, 6) is -0.970. The number of fused-ring (bicyclic) bond motifs is 1. The minimum absolute atomic E-state index is 0.0426. The third-order valence-electron chi connectivity index (χ3n) is 4.92. The van der Waals surface area contributed by atoms with E-state index in [-0.39, 0.29) is 16.9 Å². The molecule has 9 heteroatoms. The van der Waals surface area contributed by atoms with Crippen molar-refractivity contribution in [2.45, 2.75) is 12.6 Å². The Kier molecular flexibility index (Phi) is 5.81. The smallest absolute Gasteiger partial charge is 0.384 e. The summed E-state index contributed by atoms with van der Waals surface area (Å²) in [7, 11) is 0. The Bertz CT molecular complexity index is 1180. The molecule has 3 aromatic rings. The lowest BCUT2D eigenvalue weighted by Gasteiger charge is -2.16. The molecule has 0 atom stereocenters. The van der Waals surface area contributed by atoms with Crippen molar-refractivity contribution in [2.24, 2.45) is 0 Å². The number of benzene rings is 2. The van der Waals surface area contributed by atoms with Crippen LogP contribution in [0.4, 0.5) is 34.6 Å². The van der Waals surface area contributed by atoms with Crippen LogP contribution in [0.2, 0.25) is 0 Å². The molecule has 2 aromatic carbocycles. The molecule has 164 valence electrons. The van der Waals surface area contributed by atoms with E-state index in [1.807, 2.05) is 6.07 Å². The molecular weight excluding hydrogens is 424 g/mol. The molecule has 0 spiro atoms. The molecule has 0 saturated carbocycles. The summed E-state index contributed by atoms with van der Waals surface area (Å²) in [6, 6.07) is 11.2. The summed E-state index contributed by atoms with van der Waals surface area (Å²) in [5.41, 5.74) is 1.18. The van der Waals surface area contributed by atoms with E-state index < -0.39 is 23.5 Å². The average Bonchev–Trinajstić information content (AvgIpc) is 3.06. The first-order valence-corrected chi connectivity index (χ1v) is 9.73. The van der Waals surface area contributed by atoms with Gasteiger partial charge in [-0.05, 0) is 54.4 Å². The molecule has 4 rings (SSSR count). The van der Waals surface area contributed by atoms with E-state index in [2.05, 4.69) is 20.9 Å². The maximum absolute atomic E-state index is 13.6. The average molecular weight is 442 g/mol. The molecule has 0 saturated heterocycles. The summed E-state index contributed by atoms with van der Waals surface area (Å²) in [4.78, 5) is 16.1. The van der Waals surface area contributed by atoms with Crippen LogP contribution in [0.15, 0.2) is 67.1 Å². The molecule has 2 heterocycles. The maximum atomic E-state index is 13.6. The van der Waals surface area contributed by atoms with Crippen LogP contribution in [0.25, 0.3) is 5.57 Å². The van der Waals surface area contributed by atoms with Crippen LogP contribution < -0.4 is 16.0 Å². The van der Waals surface area contributed by atoms with Gasteiger partial charge in [-0.25, -0.2) is 4.39 Å². The number of nitrogens with one attached hydrogen (secondary N) is 3. The van der Waals surface area contributed by atoms with Gasteiger partial charge in [0.15, 0.2) is 0 Å². The van der Waals surface area contributed by atoms with E-state index in [0.717, 1.165) is 11.6 Å². The monoisotopic (exact) mass is 442 g/mol. The number of anilines is 3. The van der Waals surface area contributed by atoms with Crippen molar-refractivity contribution < 1.29 is 22.4 Å². The number of pyridine rings is 1. The standard InChI is InChI=1S/C23H18F4N4O/c24-15-3-5-17-18(22(32)31-21(17)10-15)13-30-16-4-6-20(19(11-16)23(25,26)27)29-9-7-14-2-1-8-28-12-14/h1-6,8,10-13,29-30H,7,9H2,(H,31,32). The Morgan fingerprint density at radius 3 is 2.69 bits per heavy atom. The van der Waals surface area contributed by atoms with Crippen molar-refractivity contribution in [1.82, 2.24) is 4.98 Å². The highest BCUT2D eigenvalue weighted by atomic mass is 19.4. The number of amides is 1. The molecule has 1 amide bonds. The zero-order valence-corrected chi connectivity index (χ0v) is 16.6. The number of carbonyl (C=O) groups excluding carboxylic acids is 1. The third-order valence-corrected chi connectivity index (χ3v) is 4.92. The van der Waals surface area contributed by atoms with E-state index in [0.29, 0.717) is 24.2 Å². The fraction of sp³-hybridized carbons (Fsp3) is 0.130. The summed E-state index contributed by atoms with van der Waals surface area (Å²) in [6.07, 6.45) is 0.553. The van der Waals surface area contributed by atoms with Crippen molar-refractivity contribution >= 4 is 28.5 Å². The minimum atomic E-state index is -4.57. The van der Waals surface area contributed by atoms with Crippen molar-refractivity contribution in [1.29, 1.82) is 0 Å². The highest BCUT2D eigenvalue weighted by molar-refractivity contribution is 6.31. The van der Waals surface area contributed by atoms with E-state index in [1.165, 1.54) is 36.5 Å². The molecule has 0 radical (unpaired) electrons. The fourth-order valence-electron chi connectivity index (χ4n) is 3.38. The number of alkyl halides is 3. The van der Waals surface area contributed by atoms with Gasteiger partial charge < -0.3 is 16.0 Å². The first-order chi connectivity index (χ1) is 15.3. The molecule has 1 aliphatic heterocycles. The quantitative estimate of drug-likeness (QED) is 0.358. The second kappa shape index (κ2) is 8.70. The Morgan fingerprint density at radius 1 is 1.09 bits per heavy atom. The van der Waals surface area contributed by atoms with Gasteiger partial charge in [-0.2, -0.15) is 13.2 Å². The van der Waals surface area contributed by atoms with Gasteiger partial charge in [-0.15, -0.1) is 0 Å². The molecule has 1 aromatic heterocycles. The Hall–Kier alpha value is -3.88. The number of hydrogen-bond acceptors (Lipinski definition) is 4. The predicted octanol–water partition coefficient (Wildman–Crippen LogP) is 5.30. The first-order valence-electron chi connectivity index (χ1n) is 9.73. The lowest BCUT2D eigenvalue weighted by molar-refractivity contribution is -0.136. The lowest BCUT2D eigenvalue weighted by Crippen LogP contribution is -2.13. The van der Waals surface area contributed by atoms with Gasteiger partial charge >= 0.3 is 6.18 Å². The number of rotatable bonds is 6. The summed E-state index contributed by atoms with van der Waals surface area (Å²) < 4.78 is 54.2. The topological polar surface area (TPSA) is 66.1 Å². The summed E-state index contributed by atoms with van der Waals surface area (Å²) in [5, 5.41) is 8.09. The second-order valence-electron chi connectivity index (χ2n) is 7.14. The van der Waals surface area contributed by atoms with Crippen LogP contribution in [-0.4, -0.2) is 17.4 Å². The molecule has 32 heavy (non-hydrogen) atoms. The maximum Gasteiger partial charge on any atom is 0.418 e. The minimum Gasteiger partial charge on any atom is -0.384 e. The molecule has 0 bridgehead atoms. The van der Waals surface area contributed by atoms with Gasteiger partial charge in [-0.3, -0.25) is 9.78 Å². The van der Waals surface area contributed by atoms with Gasteiger partial charge in [0.2, 0.25) is 0 Å². The number of aromatic nitrogens is 1. The number of nitrogens with zero attached hydrogens (tertiary/aromatic N) is 1. The van der Waals surface area contributed by atoms with Crippen molar-refractivity contribution in [2.75, 3.05) is 22.5 Å². The Labute approximate surface area is 181 Å². The molecule has 0 fully saturated rings. The zero-order chi connectivity index (χ0) is 22.7. The highest BCUT2D eigenvalue weighted by Crippen LogP contribution is 2.37.